The largest absolute Gasteiger partial charge is 0.336 e. The van der Waals surface area contributed by atoms with E-state index in [0.717, 1.165) is 39.1 Å². The molecule has 4 heteroatoms. The van der Waals surface area contributed by atoms with Crippen molar-refractivity contribution in [1.29, 1.82) is 0 Å². The Labute approximate surface area is 142 Å². The summed E-state index contributed by atoms with van der Waals surface area (Å²) >= 11 is 5.97. The lowest BCUT2D eigenvalue weighted by Crippen LogP contribution is -2.49. The number of carbonyl (C=O) groups is 1. The van der Waals surface area contributed by atoms with E-state index >= 15 is 0 Å². The molecule has 1 aliphatic rings. The van der Waals surface area contributed by atoms with Crippen molar-refractivity contribution in [3.8, 4) is 0 Å². The van der Waals surface area contributed by atoms with Crippen molar-refractivity contribution in [3.63, 3.8) is 0 Å². The second-order valence-corrected chi connectivity index (χ2v) is 6.32. The summed E-state index contributed by atoms with van der Waals surface area (Å²) in [6.45, 7) is 4.46. The summed E-state index contributed by atoms with van der Waals surface area (Å²) in [6.07, 6.45) is 1.06. The standard InChI is InChI=1S/C19H21ClN2O/c20-18-8-4-7-17(15-18)19(23)22-13-11-21(12-14-22)10-9-16-5-2-1-3-6-16/h1-8,15H,9-14H2. The van der Waals surface area contributed by atoms with Gasteiger partial charge in [-0.1, -0.05) is 48.0 Å². The molecule has 1 fully saturated rings. The molecule has 1 saturated heterocycles. The summed E-state index contributed by atoms with van der Waals surface area (Å²) in [5.74, 6) is 0.0789. The van der Waals surface area contributed by atoms with Crippen molar-refractivity contribution in [2.75, 3.05) is 32.7 Å². The molecule has 0 aliphatic carbocycles. The van der Waals surface area contributed by atoms with Crippen molar-refractivity contribution in [2.45, 2.75) is 6.42 Å². The minimum Gasteiger partial charge on any atom is -0.336 e. The first-order valence-corrected chi connectivity index (χ1v) is 8.41. The molecule has 3 nitrogen and oxygen atoms in total. The molecule has 0 bridgehead atoms. The van der Waals surface area contributed by atoms with Gasteiger partial charge < -0.3 is 4.90 Å². The van der Waals surface area contributed by atoms with E-state index < -0.39 is 0 Å². The average Bonchev–Trinajstić information content (AvgIpc) is 2.61. The van der Waals surface area contributed by atoms with Crippen LogP contribution in [0.1, 0.15) is 15.9 Å². The number of hydrogen-bond acceptors (Lipinski definition) is 2. The van der Waals surface area contributed by atoms with Gasteiger partial charge in [-0.05, 0) is 30.2 Å². The van der Waals surface area contributed by atoms with Gasteiger partial charge in [0.2, 0.25) is 0 Å². The van der Waals surface area contributed by atoms with Crippen LogP contribution < -0.4 is 0 Å². The number of benzene rings is 2. The van der Waals surface area contributed by atoms with Gasteiger partial charge in [-0.2, -0.15) is 0 Å². The molecule has 0 N–H and O–H groups in total. The highest BCUT2D eigenvalue weighted by atomic mass is 35.5. The van der Waals surface area contributed by atoms with Crippen LogP contribution in [-0.4, -0.2) is 48.4 Å². The lowest BCUT2D eigenvalue weighted by atomic mass is 10.1. The Hall–Kier alpha value is -1.84. The first-order chi connectivity index (χ1) is 11.2. The van der Waals surface area contributed by atoms with Crippen LogP contribution in [0.4, 0.5) is 0 Å². The van der Waals surface area contributed by atoms with Gasteiger partial charge in [0.1, 0.15) is 0 Å². The van der Waals surface area contributed by atoms with Gasteiger partial charge in [0, 0.05) is 43.3 Å². The minimum absolute atomic E-state index is 0.0789. The molecular weight excluding hydrogens is 308 g/mol. The van der Waals surface area contributed by atoms with Crippen LogP contribution in [0, 0.1) is 0 Å². The smallest absolute Gasteiger partial charge is 0.253 e. The van der Waals surface area contributed by atoms with Gasteiger partial charge in [-0.3, -0.25) is 9.69 Å². The topological polar surface area (TPSA) is 23.6 Å². The average molecular weight is 329 g/mol. The molecular formula is C19H21ClN2O. The molecule has 120 valence electrons. The summed E-state index contributed by atoms with van der Waals surface area (Å²) in [5.41, 5.74) is 2.04. The summed E-state index contributed by atoms with van der Waals surface area (Å²) in [5, 5.41) is 0.609. The SMILES string of the molecule is O=C(c1cccc(Cl)c1)N1CCN(CCc2ccccc2)CC1. The van der Waals surface area contributed by atoms with Crippen LogP contribution in [-0.2, 0) is 6.42 Å². The second kappa shape index (κ2) is 7.62. The number of rotatable bonds is 4. The number of piperazine rings is 1. The van der Waals surface area contributed by atoms with E-state index in [2.05, 4.69) is 29.2 Å². The Bertz CT molecular complexity index is 651. The molecule has 1 amide bonds. The normalized spacial score (nSPS) is 15.6. The third-order valence-electron chi connectivity index (χ3n) is 4.29. The van der Waals surface area contributed by atoms with Crippen molar-refractivity contribution >= 4 is 17.5 Å². The molecule has 0 spiro atoms. The van der Waals surface area contributed by atoms with Crippen LogP contribution in [0.2, 0.25) is 5.02 Å². The molecule has 0 unspecified atom stereocenters. The number of carbonyl (C=O) groups excluding carboxylic acids is 1. The predicted octanol–water partition coefficient (Wildman–Crippen LogP) is 3.34. The monoisotopic (exact) mass is 328 g/mol. The Morgan fingerprint density at radius 1 is 0.957 bits per heavy atom. The fraction of sp³-hybridized carbons (Fsp3) is 0.316. The fourth-order valence-electron chi connectivity index (χ4n) is 2.91. The lowest BCUT2D eigenvalue weighted by Gasteiger charge is -2.34. The first-order valence-electron chi connectivity index (χ1n) is 8.03. The van der Waals surface area contributed by atoms with Crippen molar-refractivity contribution in [3.05, 3.63) is 70.7 Å². The van der Waals surface area contributed by atoms with E-state index in [1.165, 1.54) is 5.56 Å². The molecule has 1 aliphatic heterocycles. The van der Waals surface area contributed by atoms with Crippen LogP contribution in [0.15, 0.2) is 54.6 Å². The van der Waals surface area contributed by atoms with Crippen molar-refractivity contribution in [1.82, 2.24) is 9.80 Å². The number of halogens is 1. The summed E-state index contributed by atoms with van der Waals surface area (Å²) in [4.78, 5) is 16.8. The van der Waals surface area contributed by atoms with Gasteiger partial charge in [-0.25, -0.2) is 0 Å². The van der Waals surface area contributed by atoms with E-state index in [1.807, 2.05) is 23.1 Å². The molecule has 23 heavy (non-hydrogen) atoms. The Balaban J connectivity index is 1.49. The molecule has 2 aromatic rings. The number of nitrogens with zero attached hydrogens (tertiary/aromatic N) is 2. The highest BCUT2D eigenvalue weighted by Crippen LogP contribution is 2.14. The van der Waals surface area contributed by atoms with Crippen LogP contribution in [0.25, 0.3) is 0 Å². The van der Waals surface area contributed by atoms with E-state index in [9.17, 15) is 4.79 Å². The fourth-order valence-corrected chi connectivity index (χ4v) is 3.10. The van der Waals surface area contributed by atoms with Gasteiger partial charge in [0.05, 0.1) is 0 Å². The highest BCUT2D eigenvalue weighted by molar-refractivity contribution is 6.30. The third-order valence-corrected chi connectivity index (χ3v) is 4.53. The maximum absolute atomic E-state index is 12.5. The minimum atomic E-state index is 0.0789. The molecule has 2 aromatic carbocycles. The first kappa shape index (κ1) is 16.0. The second-order valence-electron chi connectivity index (χ2n) is 5.88. The van der Waals surface area contributed by atoms with E-state index in [-0.39, 0.29) is 5.91 Å². The quantitative estimate of drug-likeness (QED) is 0.859. The van der Waals surface area contributed by atoms with Crippen LogP contribution >= 0.6 is 11.6 Å². The van der Waals surface area contributed by atoms with E-state index in [1.54, 1.807) is 12.1 Å². The highest BCUT2D eigenvalue weighted by Gasteiger charge is 2.21. The van der Waals surface area contributed by atoms with Gasteiger partial charge in [0.15, 0.2) is 0 Å². The Morgan fingerprint density at radius 2 is 1.70 bits per heavy atom. The van der Waals surface area contributed by atoms with Gasteiger partial charge in [-0.15, -0.1) is 0 Å². The molecule has 0 atom stereocenters. The van der Waals surface area contributed by atoms with Crippen molar-refractivity contribution in [2.24, 2.45) is 0 Å². The Kier molecular flexibility index (Phi) is 5.31. The molecule has 0 radical (unpaired) electrons. The zero-order valence-corrected chi connectivity index (χ0v) is 13.9. The molecule has 0 saturated carbocycles. The lowest BCUT2D eigenvalue weighted by molar-refractivity contribution is 0.0638. The van der Waals surface area contributed by atoms with Crippen LogP contribution in [0.3, 0.4) is 0 Å². The summed E-state index contributed by atoms with van der Waals surface area (Å²) < 4.78 is 0. The van der Waals surface area contributed by atoms with Gasteiger partial charge in [0.25, 0.3) is 5.91 Å². The van der Waals surface area contributed by atoms with Crippen LogP contribution in [0.5, 0.6) is 0 Å². The molecule has 3 rings (SSSR count). The molecule has 1 heterocycles. The zero-order valence-electron chi connectivity index (χ0n) is 13.1. The number of amides is 1. The summed E-state index contributed by atoms with van der Waals surface area (Å²) in [6, 6.07) is 17.7. The summed E-state index contributed by atoms with van der Waals surface area (Å²) in [7, 11) is 0. The van der Waals surface area contributed by atoms with E-state index in [0.29, 0.717) is 10.6 Å². The van der Waals surface area contributed by atoms with Crippen molar-refractivity contribution < 1.29 is 4.79 Å². The maximum Gasteiger partial charge on any atom is 0.253 e. The zero-order chi connectivity index (χ0) is 16.1. The van der Waals surface area contributed by atoms with E-state index in [4.69, 9.17) is 11.6 Å². The number of hydrogen-bond donors (Lipinski definition) is 0. The Morgan fingerprint density at radius 3 is 2.39 bits per heavy atom. The third kappa shape index (κ3) is 4.34. The molecule has 0 aromatic heterocycles. The predicted molar refractivity (Wildman–Crippen MR) is 93.9 cm³/mol. The maximum atomic E-state index is 12.5. The van der Waals surface area contributed by atoms with Gasteiger partial charge >= 0.3 is 0 Å².